The van der Waals surface area contributed by atoms with Crippen molar-refractivity contribution in [3.05, 3.63) is 34.3 Å². The van der Waals surface area contributed by atoms with Crippen molar-refractivity contribution in [3.8, 4) is 0 Å². The number of alkyl halides is 1. The number of ketones is 1. The molecule has 10 nitrogen and oxygen atoms in total. The molecule has 12 heteroatoms. The van der Waals surface area contributed by atoms with Gasteiger partial charge in [0, 0.05) is 23.1 Å². The fourth-order valence-electron chi connectivity index (χ4n) is 4.16. The van der Waals surface area contributed by atoms with Crippen molar-refractivity contribution < 1.29 is 23.6 Å². The van der Waals surface area contributed by atoms with Crippen molar-refractivity contribution >= 4 is 45.4 Å². The van der Waals surface area contributed by atoms with Crippen LogP contribution in [-0.4, -0.2) is 72.3 Å². The van der Waals surface area contributed by atoms with Gasteiger partial charge in [0.05, 0.1) is 6.04 Å². The summed E-state index contributed by atoms with van der Waals surface area (Å²) in [6.07, 6.45) is 2.29. The Bertz CT molecular complexity index is 984. The van der Waals surface area contributed by atoms with E-state index in [0.29, 0.717) is 44.3 Å². The van der Waals surface area contributed by atoms with Crippen molar-refractivity contribution in [2.45, 2.75) is 64.1 Å². The number of aliphatic imine (C=N–C) groups is 1. The van der Waals surface area contributed by atoms with E-state index < -0.39 is 42.4 Å². The lowest BCUT2D eigenvalue weighted by Crippen LogP contribution is -2.56. The van der Waals surface area contributed by atoms with Gasteiger partial charge in [0.15, 0.2) is 11.7 Å². The standard InChI is InChI=1S/C25H36BrFN6O4/c1-15(2)21(32-22(35)16-8-10-17(26)11-9-16)24(37)33-13-5-7-19(33)23(36)31-18(20(34)14-27)6-3-4-12-30-25(28)29/h8-11,15,18-19,21H,3-7,12-14H2,1-2H3,(H,31,36)(H,32,35)(H4,28,29,30)/t18-,19+,21+/m1/s1. The third kappa shape index (κ3) is 9.10. The van der Waals surface area contributed by atoms with Gasteiger partial charge in [0.2, 0.25) is 11.8 Å². The van der Waals surface area contributed by atoms with Crippen LogP contribution in [0.4, 0.5) is 4.39 Å². The molecular weight excluding hydrogens is 547 g/mol. The first-order chi connectivity index (χ1) is 17.5. The number of Topliss-reactive ketones (excluding diaryl/α,β-unsaturated/α-hetero) is 1. The molecule has 1 aromatic rings. The van der Waals surface area contributed by atoms with E-state index in [1.807, 2.05) is 13.8 Å². The minimum Gasteiger partial charge on any atom is -0.370 e. The fourth-order valence-corrected chi connectivity index (χ4v) is 4.43. The molecule has 37 heavy (non-hydrogen) atoms. The van der Waals surface area contributed by atoms with Gasteiger partial charge in [-0.05, 0) is 62.3 Å². The molecule has 204 valence electrons. The molecule has 3 amide bonds. The molecule has 1 aliphatic rings. The molecule has 3 atom stereocenters. The monoisotopic (exact) mass is 582 g/mol. The SMILES string of the molecule is CC(C)[C@H](NC(=O)c1ccc(Br)cc1)C(=O)N1CCC[C@H]1C(=O)N[C@H](CCCCN=C(N)N)C(=O)CF. The number of unbranched alkanes of at least 4 members (excludes halogenated alkanes) is 1. The Balaban J connectivity index is 2.06. The maximum atomic E-state index is 13.5. The van der Waals surface area contributed by atoms with E-state index in [0.717, 1.165) is 4.47 Å². The average molecular weight is 584 g/mol. The Morgan fingerprint density at radius 2 is 1.81 bits per heavy atom. The Labute approximate surface area is 224 Å². The number of nitrogens with two attached hydrogens (primary N) is 2. The topological polar surface area (TPSA) is 160 Å². The molecule has 0 aliphatic carbocycles. The van der Waals surface area contributed by atoms with E-state index in [1.54, 1.807) is 24.3 Å². The van der Waals surface area contributed by atoms with Crippen molar-refractivity contribution in [2.75, 3.05) is 19.8 Å². The van der Waals surface area contributed by atoms with Gasteiger partial charge in [-0.1, -0.05) is 29.8 Å². The van der Waals surface area contributed by atoms with Crippen LogP contribution in [0.25, 0.3) is 0 Å². The van der Waals surface area contributed by atoms with Crippen LogP contribution in [0.5, 0.6) is 0 Å². The molecule has 0 unspecified atom stereocenters. The number of hydrogen-bond acceptors (Lipinski definition) is 5. The molecule has 0 aromatic heterocycles. The first kappa shape index (κ1) is 30.2. The summed E-state index contributed by atoms with van der Waals surface area (Å²) < 4.78 is 14.0. The Morgan fingerprint density at radius 1 is 1.14 bits per heavy atom. The maximum Gasteiger partial charge on any atom is 0.251 e. The lowest BCUT2D eigenvalue weighted by molar-refractivity contribution is -0.141. The molecule has 1 saturated heterocycles. The van der Waals surface area contributed by atoms with Crippen LogP contribution in [0.2, 0.25) is 0 Å². The second kappa shape index (κ2) is 14.7. The lowest BCUT2D eigenvalue weighted by Gasteiger charge is -2.31. The molecule has 1 fully saturated rings. The highest BCUT2D eigenvalue weighted by atomic mass is 79.9. The summed E-state index contributed by atoms with van der Waals surface area (Å²) in [6, 6.07) is 4.10. The van der Waals surface area contributed by atoms with Crippen molar-refractivity contribution in [2.24, 2.45) is 22.4 Å². The van der Waals surface area contributed by atoms with Crippen molar-refractivity contribution in [3.63, 3.8) is 0 Å². The number of halogens is 2. The maximum absolute atomic E-state index is 13.5. The van der Waals surface area contributed by atoms with E-state index in [-0.39, 0.29) is 24.2 Å². The van der Waals surface area contributed by atoms with Crippen LogP contribution in [0.15, 0.2) is 33.7 Å². The smallest absolute Gasteiger partial charge is 0.251 e. The molecule has 1 aliphatic heterocycles. The molecule has 2 rings (SSSR count). The minimum atomic E-state index is -1.20. The number of carbonyl (C=O) groups excluding carboxylic acids is 4. The zero-order valence-electron chi connectivity index (χ0n) is 21.2. The van der Waals surface area contributed by atoms with Crippen molar-refractivity contribution in [1.29, 1.82) is 0 Å². The van der Waals surface area contributed by atoms with E-state index in [9.17, 15) is 23.6 Å². The molecule has 1 heterocycles. The van der Waals surface area contributed by atoms with Crippen LogP contribution >= 0.6 is 15.9 Å². The largest absolute Gasteiger partial charge is 0.370 e. The first-order valence-electron chi connectivity index (χ1n) is 12.4. The van der Waals surface area contributed by atoms with Gasteiger partial charge in [0.1, 0.15) is 18.8 Å². The average Bonchev–Trinajstić information content (AvgIpc) is 3.35. The van der Waals surface area contributed by atoms with Crippen LogP contribution in [0, 0.1) is 5.92 Å². The number of likely N-dealkylation sites (tertiary alicyclic amines) is 1. The summed E-state index contributed by atoms with van der Waals surface area (Å²) in [4.78, 5) is 56.8. The Morgan fingerprint density at radius 3 is 2.41 bits per heavy atom. The zero-order valence-corrected chi connectivity index (χ0v) is 22.8. The number of benzene rings is 1. The van der Waals surface area contributed by atoms with Gasteiger partial charge >= 0.3 is 0 Å². The first-order valence-corrected chi connectivity index (χ1v) is 13.2. The quantitative estimate of drug-likeness (QED) is 0.157. The summed E-state index contributed by atoms with van der Waals surface area (Å²) in [5.41, 5.74) is 11.0. The van der Waals surface area contributed by atoms with E-state index in [1.165, 1.54) is 4.90 Å². The number of amides is 3. The van der Waals surface area contributed by atoms with Gasteiger partial charge in [-0.2, -0.15) is 0 Å². The van der Waals surface area contributed by atoms with E-state index in [4.69, 9.17) is 11.5 Å². The normalized spacial score (nSPS) is 16.7. The van der Waals surface area contributed by atoms with Gasteiger partial charge < -0.3 is 27.0 Å². The third-order valence-corrected chi connectivity index (χ3v) is 6.73. The number of carbonyl (C=O) groups is 4. The molecule has 1 aromatic carbocycles. The fraction of sp³-hybridized carbons (Fsp3) is 0.560. The number of hydrogen-bond donors (Lipinski definition) is 4. The van der Waals surface area contributed by atoms with E-state index >= 15 is 0 Å². The summed E-state index contributed by atoms with van der Waals surface area (Å²) in [5.74, 6) is -2.28. The Kier molecular flexibility index (Phi) is 12.0. The zero-order chi connectivity index (χ0) is 27.5. The highest BCUT2D eigenvalue weighted by molar-refractivity contribution is 9.10. The van der Waals surface area contributed by atoms with Crippen LogP contribution in [0.1, 0.15) is 56.3 Å². The van der Waals surface area contributed by atoms with Gasteiger partial charge in [-0.3, -0.25) is 24.2 Å². The van der Waals surface area contributed by atoms with Crippen LogP contribution in [-0.2, 0) is 14.4 Å². The highest BCUT2D eigenvalue weighted by Gasteiger charge is 2.39. The van der Waals surface area contributed by atoms with Gasteiger partial charge in [-0.15, -0.1) is 0 Å². The van der Waals surface area contributed by atoms with Crippen molar-refractivity contribution in [1.82, 2.24) is 15.5 Å². The number of rotatable bonds is 13. The van der Waals surface area contributed by atoms with Crippen LogP contribution < -0.4 is 22.1 Å². The Hall–Kier alpha value is -3.02. The summed E-state index contributed by atoms with van der Waals surface area (Å²) in [6.45, 7) is 3.13. The number of guanidine groups is 1. The molecular formula is C25H36BrFN6O4. The predicted octanol–water partition coefficient (Wildman–Crippen LogP) is 1.66. The molecule has 0 bridgehead atoms. The molecule has 6 N–H and O–H groups in total. The summed E-state index contributed by atoms with van der Waals surface area (Å²) >= 11 is 3.33. The predicted molar refractivity (Wildman–Crippen MR) is 142 cm³/mol. The molecule has 0 saturated carbocycles. The second-order valence-electron chi connectivity index (χ2n) is 9.36. The number of nitrogens with one attached hydrogen (secondary N) is 2. The van der Waals surface area contributed by atoms with E-state index in [2.05, 4.69) is 31.6 Å². The van der Waals surface area contributed by atoms with Crippen LogP contribution in [0.3, 0.4) is 0 Å². The highest BCUT2D eigenvalue weighted by Crippen LogP contribution is 2.21. The third-order valence-electron chi connectivity index (χ3n) is 6.20. The number of nitrogens with zero attached hydrogens (tertiary/aromatic N) is 2. The second-order valence-corrected chi connectivity index (χ2v) is 10.3. The molecule has 0 spiro atoms. The van der Waals surface area contributed by atoms with Gasteiger partial charge in [-0.25, -0.2) is 4.39 Å². The molecule has 0 radical (unpaired) electrons. The summed E-state index contributed by atoms with van der Waals surface area (Å²) in [5, 5.41) is 5.43. The lowest BCUT2D eigenvalue weighted by atomic mass is 10.0. The minimum absolute atomic E-state index is 0.0385. The van der Waals surface area contributed by atoms with Gasteiger partial charge in [0.25, 0.3) is 5.91 Å². The summed E-state index contributed by atoms with van der Waals surface area (Å²) in [7, 11) is 0.